The maximum absolute atomic E-state index is 14.1. The highest BCUT2D eigenvalue weighted by Crippen LogP contribution is 2.73. The van der Waals surface area contributed by atoms with Gasteiger partial charge in [-0.3, -0.25) is 4.79 Å². The van der Waals surface area contributed by atoms with Gasteiger partial charge in [-0.15, -0.1) is 0 Å². The van der Waals surface area contributed by atoms with Crippen LogP contribution in [0.1, 0.15) is 49.3 Å². The van der Waals surface area contributed by atoms with E-state index in [9.17, 15) is 25.2 Å². The lowest BCUT2D eigenvalue weighted by atomic mass is 9.58. The number of phenolic OH excluding ortho intramolecular Hbond substituents is 2. The van der Waals surface area contributed by atoms with Gasteiger partial charge in [0, 0.05) is 49.5 Å². The highest BCUT2D eigenvalue weighted by Gasteiger charge is 2.79. The molecule has 5 rings (SSSR count). The third-order valence-corrected chi connectivity index (χ3v) is 10.4. The average Bonchev–Trinajstić information content (AvgIpc) is 3.35. The van der Waals surface area contributed by atoms with Gasteiger partial charge in [0.15, 0.2) is 5.79 Å². The number of nitrogens with one attached hydrogen (secondary N) is 1. The molecule has 7 nitrogen and oxygen atoms in total. The van der Waals surface area contributed by atoms with Crippen LogP contribution in [0.2, 0.25) is 0 Å². The number of methoxy groups -OCH3 is 1. The molecule has 0 amide bonds. The second-order valence-corrected chi connectivity index (χ2v) is 12.7. The maximum atomic E-state index is 14.1. The number of likely N-dealkylation sites (N-methyl/N-ethyl adjacent to an activating group) is 1. The highest BCUT2D eigenvalue weighted by atomic mass is 16.6. The fourth-order valence-corrected chi connectivity index (χ4v) is 7.98. The van der Waals surface area contributed by atoms with Crippen molar-refractivity contribution in [2.24, 2.45) is 22.7 Å². The SMILES string of the molecule is C=C1C2C(CO)CC(C(=O)CCc3cccc(-c4ccc(C(CNC)c5ccc(O)cc5)c(O)c4)c3)(C1(C)C)C2(O)OC. The second-order valence-electron chi connectivity index (χ2n) is 12.7. The number of hydrogen-bond donors (Lipinski definition) is 5. The number of benzene rings is 3. The fraction of sp³-hybridized carbons (Fsp3) is 0.417. The summed E-state index contributed by atoms with van der Waals surface area (Å²) in [5, 5.41) is 45.8. The predicted molar refractivity (Wildman–Crippen MR) is 167 cm³/mol. The molecule has 7 heteroatoms. The van der Waals surface area contributed by atoms with Crippen LogP contribution in [0.3, 0.4) is 0 Å². The number of fused-ring (bicyclic) bond motifs is 2. The molecule has 5 unspecified atom stereocenters. The van der Waals surface area contributed by atoms with E-state index in [1.807, 2.05) is 69.4 Å². The molecule has 0 aromatic heterocycles. The topological polar surface area (TPSA) is 119 Å². The summed E-state index contributed by atoms with van der Waals surface area (Å²) in [4.78, 5) is 14.1. The monoisotopic (exact) mass is 585 g/mol. The van der Waals surface area contributed by atoms with E-state index < -0.39 is 22.5 Å². The van der Waals surface area contributed by atoms with Crippen molar-refractivity contribution in [3.63, 3.8) is 0 Å². The molecular weight excluding hydrogens is 542 g/mol. The highest BCUT2D eigenvalue weighted by molar-refractivity contribution is 5.89. The summed E-state index contributed by atoms with van der Waals surface area (Å²) in [6, 6.07) is 20.6. The van der Waals surface area contributed by atoms with Crippen LogP contribution in [0.5, 0.6) is 11.5 Å². The zero-order valence-electron chi connectivity index (χ0n) is 25.4. The third kappa shape index (κ3) is 4.79. The first kappa shape index (κ1) is 31.0. The van der Waals surface area contributed by atoms with Gasteiger partial charge in [-0.05, 0) is 66.3 Å². The standard InChI is InChI=1S/C36H43NO6/c1-22-33-27(21-38)19-35(34(22,2)3,36(33,42)43-5)32(41)16-9-23-7-6-8-25(17-23)26-12-15-29(31(40)18-26)30(20-37-4)24-10-13-28(39)14-11-24/h6-8,10-15,17-18,27,30,33,37-40,42H,1,9,16,19-21H2,2-5H3. The van der Waals surface area contributed by atoms with Crippen molar-refractivity contribution in [1.82, 2.24) is 5.32 Å². The van der Waals surface area contributed by atoms with Crippen molar-refractivity contribution >= 4 is 5.78 Å². The Morgan fingerprint density at radius 3 is 2.40 bits per heavy atom. The molecule has 228 valence electrons. The van der Waals surface area contributed by atoms with Crippen LogP contribution < -0.4 is 5.32 Å². The lowest BCUT2D eigenvalue weighted by Gasteiger charge is -2.46. The van der Waals surface area contributed by atoms with E-state index in [1.54, 1.807) is 18.2 Å². The summed E-state index contributed by atoms with van der Waals surface area (Å²) < 4.78 is 5.69. The van der Waals surface area contributed by atoms with Crippen LogP contribution in [-0.2, 0) is 16.0 Å². The fourth-order valence-electron chi connectivity index (χ4n) is 7.98. The number of aliphatic hydroxyl groups excluding tert-OH is 1. The first-order valence-corrected chi connectivity index (χ1v) is 14.9. The molecule has 5 N–H and O–H groups in total. The Hall–Kier alpha value is -3.49. The molecule has 0 radical (unpaired) electrons. The zero-order chi connectivity index (χ0) is 31.2. The van der Waals surface area contributed by atoms with Gasteiger partial charge in [-0.2, -0.15) is 0 Å². The second kappa shape index (κ2) is 11.5. The largest absolute Gasteiger partial charge is 0.508 e. The van der Waals surface area contributed by atoms with Gasteiger partial charge >= 0.3 is 0 Å². The number of aliphatic hydroxyl groups is 2. The van der Waals surface area contributed by atoms with Gasteiger partial charge in [0.05, 0.1) is 5.41 Å². The molecule has 2 fully saturated rings. The number of carbonyl (C=O) groups is 1. The zero-order valence-corrected chi connectivity index (χ0v) is 25.4. The molecule has 0 saturated heterocycles. The summed E-state index contributed by atoms with van der Waals surface area (Å²) in [6.07, 6.45) is 1.04. The number of ketones is 1. The van der Waals surface area contributed by atoms with E-state index in [-0.39, 0.29) is 42.1 Å². The number of phenols is 2. The summed E-state index contributed by atoms with van der Waals surface area (Å²) >= 11 is 0. The first-order valence-electron chi connectivity index (χ1n) is 14.9. The number of rotatable bonds is 11. The number of Topliss-reactive ketones (excluding diaryl/α,β-unsaturated/α-hetero) is 1. The van der Waals surface area contributed by atoms with Gasteiger partial charge in [-0.1, -0.05) is 74.5 Å². The molecule has 2 saturated carbocycles. The summed E-state index contributed by atoms with van der Waals surface area (Å²) in [7, 11) is 3.30. The van der Waals surface area contributed by atoms with Gasteiger partial charge in [0.2, 0.25) is 0 Å². The van der Waals surface area contributed by atoms with E-state index in [2.05, 4.69) is 11.9 Å². The molecule has 0 heterocycles. The van der Waals surface area contributed by atoms with Crippen LogP contribution in [-0.4, -0.2) is 59.3 Å². The Kier molecular flexibility index (Phi) is 8.31. The molecule has 5 atom stereocenters. The molecule has 2 aliphatic rings. The minimum atomic E-state index is -1.70. The molecule has 3 aromatic rings. The molecule has 0 spiro atoms. The molecule has 2 bridgehead atoms. The Balaban J connectivity index is 1.37. The lowest BCUT2D eigenvalue weighted by molar-refractivity contribution is -0.253. The van der Waals surface area contributed by atoms with Gasteiger partial charge in [-0.25, -0.2) is 0 Å². The molecule has 3 aromatic carbocycles. The Morgan fingerprint density at radius 1 is 1.07 bits per heavy atom. The van der Waals surface area contributed by atoms with Gasteiger partial charge in [0.1, 0.15) is 17.3 Å². The minimum absolute atomic E-state index is 0.0846. The number of carbonyl (C=O) groups excluding carboxylic acids is 1. The van der Waals surface area contributed by atoms with Gasteiger partial charge < -0.3 is 30.5 Å². The molecule has 43 heavy (non-hydrogen) atoms. The quantitative estimate of drug-likeness (QED) is 0.156. The van der Waals surface area contributed by atoms with Crippen molar-refractivity contribution in [1.29, 1.82) is 0 Å². The van der Waals surface area contributed by atoms with Crippen molar-refractivity contribution in [2.45, 2.75) is 44.8 Å². The number of ether oxygens (including phenoxy) is 1. The van der Waals surface area contributed by atoms with Crippen molar-refractivity contribution in [3.8, 4) is 22.6 Å². The van der Waals surface area contributed by atoms with E-state index in [0.717, 1.165) is 33.4 Å². The average molecular weight is 586 g/mol. The van der Waals surface area contributed by atoms with E-state index in [4.69, 9.17) is 4.74 Å². The number of aromatic hydroxyl groups is 2. The molecule has 2 aliphatic carbocycles. The summed E-state index contributed by atoms with van der Waals surface area (Å²) in [6.45, 7) is 8.61. The van der Waals surface area contributed by atoms with E-state index in [0.29, 0.717) is 19.4 Å². The van der Waals surface area contributed by atoms with E-state index in [1.165, 1.54) is 7.11 Å². The smallest absolute Gasteiger partial charge is 0.185 e. The van der Waals surface area contributed by atoms with Crippen LogP contribution in [0.25, 0.3) is 11.1 Å². The maximum Gasteiger partial charge on any atom is 0.185 e. The number of aryl methyl sites for hydroxylation is 1. The van der Waals surface area contributed by atoms with Crippen LogP contribution in [0.15, 0.2) is 78.9 Å². The minimum Gasteiger partial charge on any atom is -0.508 e. The Morgan fingerprint density at radius 2 is 1.77 bits per heavy atom. The summed E-state index contributed by atoms with van der Waals surface area (Å²) in [5.41, 5.74) is 3.39. The van der Waals surface area contributed by atoms with Crippen molar-refractivity contribution in [2.75, 3.05) is 27.3 Å². The predicted octanol–water partition coefficient (Wildman–Crippen LogP) is 5.16. The third-order valence-electron chi connectivity index (χ3n) is 10.4. The lowest BCUT2D eigenvalue weighted by Crippen LogP contribution is -2.55. The van der Waals surface area contributed by atoms with Crippen LogP contribution in [0.4, 0.5) is 0 Å². The Labute approximate surface area is 253 Å². The van der Waals surface area contributed by atoms with Gasteiger partial charge in [0.25, 0.3) is 0 Å². The Bertz CT molecular complexity index is 1510. The molecule has 0 aliphatic heterocycles. The van der Waals surface area contributed by atoms with Crippen LogP contribution in [0, 0.1) is 22.7 Å². The van der Waals surface area contributed by atoms with Crippen LogP contribution >= 0.6 is 0 Å². The van der Waals surface area contributed by atoms with Crippen molar-refractivity contribution < 1.29 is 30.0 Å². The first-order chi connectivity index (χ1) is 20.4. The number of hydrogen-bond acceptors (Lipinski definition) is 7. The van der Waals surface area contributed by atoms with E-state index >= 15 is 0 Å². The van der Waals surface area contributed by atoms with Crippen molar-refractivity contribution in [3.05, 3.63) is 95.6 Å². The molecular formula is C36H43NO6. The summed E-state index contributed by atoms with van der Waals surface area (Å²) in [5.74, 6) is -2.29. The normalized spacial score (nSPS) is 26.5.